The van der Waals surface area contributed by atoms with E-state index in [4.69, 9.17) is 0 Å². The molecule has 0 unspecified atom stereocenters. The third-order valence-corrected chi connectivity index (χ3v) is 2.63. The van der Waals surface area contributed by atoms with Gasteiger partial charge in [-0.05, 0) is 18.9 Å². The Morgan fingerprint density at radius 2 is 2.22 bits per heavy atom. The summed E-state index contributed by atoms with van der Waals surface area (Å²) >= 11 is 0. The average Bonchev–Trinajstić information content (AvgIpc) is 3.13. The maximum atomic E-state index is 11.6. The van der Waals surface area contributed by atoms with Crippen LogP contribution in [0, 0.1) is 0 Å². The van der Waals surface area contributed by atoms with E-state index in [0.29, 0.717) is 11.6 Å². The molecule has 1 aliphatic rings. The van der Waals surface area contributed by atoms with Gasteiger partial charge in [0.05, 0.1) is 0 Å². The molecule has 1 heterocycles. The number of hydrogen-bond donors (Lipinski definition) is 3. The van der Waals surface area contributed by atoms with Gasteiger partial charge in [0.25, 0.3) is 11.8 Å². The van der Waals surface area contributed by atoms with Crippen molar-refractivity contribution >= 4 is 11.8 Å². The van der Waals surface area contributed by atoms with Crippen LogP contribution in [0.4, 0.5) is 0 Å². The molecular weight excluding hydrogens is 232 g/mol. The van der Waals surface area contributed by atoms with Gasteiger partial charge in [0.15, 0.2) is 12.4 Å². The molecule has 0 spiro atoms. The van der Waals surface area contributed by atoms with Gasteiger partial charge in [0.2, 0.25) is 6.54 Å². The van der Waals surface area contributed by atoms with E-state index in [0.717, 1.165) is 12.8 Å². The van der Waals surface area contributed by atoms with Crippen LogP contribution in [0.25, 0.3) is 0 Å². The molecule has 0 atom stereocenters. The highest BCUT2D eigenvalue weighted by atomic mass is 16.2. The van der Waals surface area contributed by atoms with Crippen molar-refractivity contribution in [3.8, 4) is 0 Å². The van der Waals surface area contributed by atoms with E-state index in [1.165, 1.54) is 0 Å². The molecule has 0 aromatic carbocycles. The third-order valence-electron chi connectivity index (χ3n) is 2.63. The lowest BCUT2D eigenvalue weighted by Gasteiger charge is -2.03. The minimum atomic E-state index is -0.227. The van der Waals surface area contributed by atoms with E-state index < -0.39 is 0 Å². The van der Waals surface area contributed by atoms with Crippen molar-refractivity contribution in [1.82, 2.24) is 16.2 Å². The Morgan fingerprint density at radius 3 is 2.89 bits per heavy atom. The van der Waals surface area contributed by atoms with Gasteiger partial charge in [-0.2, -0.15) is 4.57 Å². The number of amides is 2. The molecule has 3 N–H and O–H groups in total. The number of carbonyl (C=O) groups excluding carboxylic acids is 2. The van der Waals surface area contributed by atoms with E-state index in [2.05, 4.69) is 16.2 Å². The Bertz CT molecular complexity index is 457. The molecule has 6 nitrogen and oxygen atoms in total. The normalized spacial score (nSPS) is 14.1. The van der Waals surface area contributed by atoms with Crippen molar-refractivity contribution in [3.63, 3.8) is 0 Å². The Kier molecular flexibility index (Phi) is 3.88. The monoisotopic (exact) mass is 249 g/mol. The fourth-order valence-corrected chi connectivity index (χ4v) is 1.61. The maximum Gasteiger partial charge on any atom is 0.286 e. The largest absolute Gasteiger partial charge is 0.348 e. The molecule has 1 aromatic rings. The van der Waals surface area contributed by atoms with E-state index in [1.807, 2.05) is 0 Å². The fraction of sp³-hybridized carbons (Fsp3) is 0.417. The molecule has 6 heteroatoms. The molecule has 0 aliphatic heterocycles. The molecular formula is C12H17N4O2+. The number of rotatable bonds is 5. The highest BCUT2D eigenvalue weighted by molar-refractivity contribution is 5.93. The first-order chi connectivity index (χ1) is 8.69. The summed E-state index contributed by atoms with van der Waals surface area (Å²) < 4.78 is 1.70. The van der Waals surface area contributed by atoms with E-state index in [-0.39, 0.29) is 18.4 Å². The molecule has 1 aromatic heterocycles. The van der Waals surface area contributed by atoms with E-state index in [1.54, 1.807) is 36.1 Å². The van der Waals surface area contributed by atoms with Crippen molar-refractivity contribution in [1.29, 1.82) is 0 Å². The Hall–Kier alpha value is -1.95. The quantitative estimate of drug-likeness (QED) is 0.468. The topological polar surface area (TPSA) is 74.1 Å². The summed E-state index contributed by atoms with van der Waals surface area (Å²) in [7, 11) is 1.62. The summed E-state index contributed by atoms with van der Waals surface area (Å²) in [6, 6.07) is 3.80. The summed E-state index contributed by atoms with van der Waals surface area (Å²) in [6.45, 7) is 0.233. The van der Waals surface area contributed by atoms with E-state index in [9.17, 15) is 9.59 Å². The average molecular weight is 249 g/mol. The van der Waals surface area contributed by atoms with Gasteiger partial charge in [-0.15, -0.1) is 0 Å². The number of aromatic nitrogens is 1. The number of carbonyl (C=O) groups is 2. The summed E-state index contributed by atoms with van der Waals surface area (Å²) in [5, 5.41) is 2.90. The number of pyridine rings is 1. The molecule has 0 radical (unpaired) electrons. The highest BCUT2D eigenvalue weighted by Gasteiger charge is 2.24. The van der Waals surface area contributed by atoms with Gasteiger partial charge in [-0.1, -0.05) is 0 Å². The van der Waals surface area contributed by atoms with Crippen molar-refractivity contribution < 1.29 is 14.2 Å². The van der Waals surface area contributed by atoms with Crippen LogP contribution in [-0.2, 0) is 11.3 Å². The summed E-state index contributed by atoms with van der Waals surface area (Å²) in [5.41, 5.74) is 5.56. The first-order valence-electron chi connectivity index (χ1n) is 5.94. The van der Waals surface area contributed by atoms with Crippen LogP contribution in [-0.4, -0.2) is 24.9 Å². The Labute approximate surface area is 105 Å². The van der Waals surface area contributed by atoms with Gasteiger partial charge in [-0.25, -0.2) is 5.43 Å². The number of hydrazine groups is 1. The van der Waals surface area contributed by atoms with Gasteiger partial charge < -0.3 is 5.32 Å². The van der Waals surface area contributed by atoms with Crippen molar-refractivity contribution in [2.45, 2.75) is 25.4 Å². The van der Waals surface area contributed by atoms with Crippen molar-refractivity contribution in [2.75, 3.05) is 7.05 Å². The molecule has 18 heavy (non-hydrogen) atoms. The van der Waals surface area contributed by atoms with Crippen LogP contribution in [0.5, 0.6) is 0 Å². The molecule has 1 saturated carbocycles. The lowest BCUT2D eigenvalue weighted by molar-refractivity contribution is -0.684. The smallest absolute Gasteiger partial charge is 0.286 e. The second-order valence-corrected chi connectivity index (χ2v) is 4.31. The summed E-state index contributed by atoms with van der Waals surface area (Å²) in [5.74, 6) is -0.247. The lowest BCUT2D eigenvalue weighted by Crippen LogP contribution is -2.44. The third kappa shape index (κ3) is 3.53. The van der Waals surface area contributed by atoms with Crippen LogP contribution in [0.2, 0.25) is 0 Å². The van der Waals surface area contributed by atoms with Crippen molar-refractivity contribution in [2.24, 2.45) is 0 Å². The van der Waals surface area contributed by atoms with Gasteiger partial charge >= 0.3 is 0 Å². The SMILES string of the molecule is CNNC(=O)c1ccc[n+](CC(=O)NC2CC2)c1. The second kappa shape index (κ2) is 5.59. The molecule has 0 saturated heterocycles. The van der Waals surface area contributed by atoms with E-state index >= 15 is 0 Å². The Morgan fingerprint density at radius 1 is 1.44 bits per heavy atom. The summed E-state index contributed by atoms with van der Waals surface area (Å²) in [6.07, 6.45) is 5.56. The number of nitrogens with zero attached hydrogens (tertiary/aromatic N) is 1. The first kappa shape index (κ1) is 12.5. The van der Waals surface area contributed by atoms with Crippen LogP contribution < -0.4 is 20.7 Å². The minimum Gasteiger partial charge on any atom is -0.348 e. The maximum absolute atomic E-state index is 11.6. The predicted octanol–water partition coefficient (Wildman–Crippen LogP) is -0.883. The predicted molar refractivity (Wildman–Crippen MR) is 64.3 cm³/mol. The lowest BCUT2D eigenvalue weighted by atomic mass is 10.2. The van der Waals surface area contributed by atoms with Gasteiger partial charge in [0.1, 0.15) is 5.56 Å². The standard InChI is InChI=1S/C12H16N4O2/c1-13-15-12(18)9-3-2-6-16(7-9)8-11(17)14-10-4-5-10/h2-3,6-7,10,13H,4-5,8H2,1H3,(H-,14,15,17,18)/p+1. The molecule has 0 bridgehead atoms. The van der Waals surface area contributed by atoms with Crippen LogP contribution in [0.3, 0.4) is 0 Å². The fourth-order valence-electron chi connectivity index (χ4n) is 1.61. The second-order valence-electron chi connectivity index (χ2n) is 4.31. The van der Waals surface area contributed by atoms with Crippen LogP contribution in [0.1, 0.15) is 23.2 Å². The van der Waals surface area contributed by atoms with Crippen LogP contribution in [0.15, 0.2) is 24.5 Å². The summed E-state index contributed by atoms with van der Waals surface area (Å²) in [4.78, 5) is 23.2. The highest BCUT2D eigenvalue weighted by Crippen LogP contribution is 2.18. The molecule has 2 amide bonds. The zero-order chi connectivity index (χ0) is 13.0. The number of hydrogen-bond acceptors (Lipinski definition) is 3. The zero-order valence-electron chi connectivity index (χ0n) is 10.3. The molecule has 96 valence electrons. The van der Waals surface area contributed by atoms with Gasteiger partial charge in [-0.3, -0.25) is 15.0 Å². The molecule has 2 rings (SSSR count). The van der Waals surface area contributed by atoms with Crippen LogP contribution >= 0.6 is 0 Å². The Balaban J connectivity index is 1.97. The van der Waals surface area contributed by atoms with Crippen molar-refractivity contribution in [3.05, 3.63) is 30.1 Å². The zero-order valence-corrected chi connectivity index (χ0v) is 10.3. The van der Waals surface area contributed by atoms with Gasteiger partial charge in [0, 0.05) is 19.2 Å². The first-order valence-corrected chi connectivity index (χ1v) is 5.94. The number of nitrogens with one attached hydrogen (secondary N) is 3. The molecule has 1 aliphatic carbocycles. The molecule has 1 fully saturated rings. The minimum absolute atomic E-state index is 0.0197.